The van der Waals surface area contributed by atoms with Gasteiger partial charge >= 0.3 is 0 Å². The first-order chi connectivity index (χ1) is 9.49. The third kappa shape index (κ3) is 3.04. The Kier molecular flexibility index (Phi) is 4.16. The summed E-state index contributed by atoms with van der Waals surface area (Å²) in [6.45, 7) is 3.41. The number of likely N-dealkylation sites (tertiary alicyclic amines) is 1. The Morgan fingerprint density at radius 2 is 2.25 bits per heavy atom. The van der Waals surface area contributed by atoms with Gasteiger partial charge in [-0.25, -0.2) is 4.98 Å². The van der Waals surface area contributed by atoms with Crippen LogP contribution >= 0.6 is 0 Å². The molecule has 1 fully saturated rings. The Labute approximate surface area is 116 Å². The third-order valence-electron chi connectivity index (χ3n) is 3.64. The van der Waals surface area contributed by atoms with Crippen LogP contribution in [0, 0.1) is 16.0 Å². The second-order valence-electron chi connectivity index (χ2n) is 5.21. The second-order valence-corrected chi connectivity index (χ2v) is 5.21. The Bertz CT molecular complexity index is 532. The molecule has 1 aromatic heterocycles. The van der Waals surface area contributed by atoms with Gasteiger partial charge < -0.3 is 10.6 Å². The van der Waals surface area contributed by atoms with Crippen molar-refractivity contribution in [1.29, 1.82) is 0 Å². The lowest BCUT2D eigenvalue weighted by atomic mass is 10.0. The van der Waals surface area contributed by atoms with E-state index in [-0.39, 0.29) is 23.0 Å². The highest BCUT2D eigenvalue weighted by Gasteiger charge is 2.26. The van der Waals surface area contributed by atoms with Gasteiger partial charge in [0.15, 0.2) is 0 Å². The van der Waals surface area contributed by atoms with Crippen molar-refractivity contribution < 1.29 is 9.72 Å². The lowest BCUT2D eigenvalue weighted by molar-refractivity contribution is -0.385. The SMILES string of the molecule is CC1CCCN(C(=O)c2cc(N)ncc2[N+](=O)[O-])CC1. The van der Waals surface area contributed by atoms with E-state index in [0.29, 0.717) is 19.0 Å². The van der Waals surface area contributed by atoms with E-state index >= 15 is 0 Å². The number of nitrogens with two attached hydrogens (primary N) is 1. The van der Waals surface area contributed by atoms with Gasteiger partial charge in [-0.2, -0.15) is 0 Å². The Morgan fingerprint density at radius 1 is 1.50 bits per heavy atom. The van der Waals surface area contributed by atoms with Crippen LogP contribution in [0.25, 0.3) is 0 Å². The van der Waals surface area contributed by atoms with E-state index in [1.54, 1.807) is 4.90 Å². The highest BCUT2D eigenvalue weighted by molar-refractivity contribution is 5.98. The summed E-state index contributed by atoms with van der Waals surface area (Å²) in [5, 5.41) is 11.0. The van der Waals surface area contributed by atoms with Crippen LogP contribution in [-0.2, 0) is 0 Å². The highest BCUT2D eigenvalue weighted by atomic mass is 16.6. The number of anilines is 1. The van der Waals surface area contributed by atoms with Crippen molar-refractivity contribution in [3.8, 4) is 0 Å². The molecular formula is C13H18N4O3. The third-order valence-corrected chi connectivity index (χ3v) is 3.64. The summed E-state index contributed by atoms with van der Waals surface area (Å²) < 4.78 is 0. The van der Waals surface area contributed by atoms with Gasteiger partial charge in [-0.3, -0.25) is 14.9 Å². The normalized spacial score (nSPS) is 19.4. The van der Waals surface area contributed by atoms with Gasteiger partial charge in [0.25, 0.3) is 11.6 Å². The zero-order chi connectivity index (χ0) is 14.7. The summed E-state index contributed by atoms with van der Waals surface area (Å²) in [7, 11) is 0. The van der Waals surface area contributed by atoms with Crippen molar-refractivity contribution in [2.45, 2.75) is 26.2 Å². The first-order valence-corrected chi connectivity index (χ1v) is 6.68. The molecule has 1 atom stereocenters. The molecule has 0 bridgehead atoms. The smallest absolute Gasteiger partial charge is 0.300 e. The van der Waals surface area contributed by atoms with E-state index in [0.717, 1.165) is 25.5 Å². The molecule has 0 radical (unpaired) electrons. The summed E-state index contributed by atoms with van der Waals surface area (Å²) >= 11 is 0. The molecule has 1 aliphatic heterocycles. The monoisotopic (exact) mass is 278 g/mol. The predicted octanol–water partition coefficient (Wildman–Crippen LogP) is 1.83. The summed E-state index contributed by atoms with van der Waals surface area (Å²) in [6.07, 6.45) is 3.95. The molecule has 1 aromatic rings. The number of pyridine rings is 1. The van der Waals surface area contributed by atoms with Crippen LogP contribution < -0.4 is 5.73 Å². The fourth-order valence-corrected chi connectivity index (χ4v) is 2.42. The zero-order valence-electron chi connectivity index (χ0n) is 11.4. The molecule has 2 heterocycles. The number of carbonyl (C=O) groups is 1. The first kappa shape index (κ1) is 14.2. The van der Waals surface area contributed by atoms with Gasteiger partial charge in [0.1, 0.15) is 17.6 Å². The van der Waals surface area contributed by atoms with Crippen LogP contribution in [0.15, 0.2) is 12.3 Å². The molecule has 0 spiro atoms. The molecular weight excluding hydrogens is 260 g/mol. The van der Waals surface area contributed by atoms with Crippen LogP contribution in [-0.4, -0.2) is 33.8 Å². The fourth-order valence-electron chi connectivity index (χ4n) is 2.42. The molecule has 0 saturated carbocycles. The topological polar surface area (TPSA) is 102 Å². The van der Waals surface area contributed by atoms with Crippen LogP contribution in [0.4, 0.5) is 11.5 Å². The van der Waals surface area contributed by atoms with Gasteiger partial charge in [-0.15, -0.1) is 0 Å². The average Bonchev–Trinajstić information content (AvgIpc) is 2.62. The van der Waals surface area contributed by atoms with Crippen molar-refractivity contribution in [2.75, 3.05) is 18.8 Å². The molecule has 2 rings (SSSR count). The first-order valence-electron chi connectivity index (χ1n) is 6.68. The van der Waals surface area contributed by atoms with Crippen molar-refractivity contribution >= 4 is 17.4 Å². The lowest BCUT2D eigenvalue weighted by Gasteiger charge is -2.20. The van der Waals surface area contributed by atoms with E-state index in [1.807, 2.05) is 0 Å². The van der Waals surface area contributed by atoms with Crippen LogP contribution in [0.2, 0.25) is 0 Å². The van der Waals surface area contributed by atoms with Crippen molar-refractivity contribution in [3.63, 3.8) is 0 Å². The molecule has 1 saturated heterocycles. The number of nitrogen functional groups attached to an aromatic ring is 1. The molecule has 2 N–H and O–H groups in total. The largest absolute Gasteiger partial charge is 0.384 e. The minimum absolute atomic E-state index is 0.0250. The lowest BCUT2D eigenvalue weighted by Crippen LogP contribution is -2.32. The molecule has 1 amide bonds. The van der Waals surface area contributed by atoms with Gasteiger partial charge in [0, 0.05) is 13.1 Å². The molecule has 0 aromatic carbocycles. The highest BCUT2D eigenvalue weighted by Crippen LogP contribution is 2.23. The number of hydrogen-bond acceptors (Lipinski definition) is 5. The standard InChI is InChI=1S/C13H18N4O3/c1-9-3-2-5-16(6-4-9)13(18)10-7-12(14)15-8-11(10)17(19)20/h7-9H,2-6H2,1H3,(H2,14,15). The predicted molar refractivity (Wildman–Crippen MR) is 74.2 cm³/mol. The van der Waals surface area contributed by atoms with Crippen molar-refractivity contribution in [2.24, 2.45) is 5.92 Å². The summed E-state index contributed by atoms with van der Waals surface area (Å²) in [4.78, 5) is 28.2. The number of aromatic nitrogens is 1. The fraction of sp³-hybridized carbons (Fsp3) is 0.538. The maximum Gasteiger partial charge on any atom is 0.300 e. The van der Waals surface area contributed by atoms with E-state index in [4.69, 9.17) is 5.73 Å². The molecule has 0 aliphatic carbocycles. The quantitative estimate of drug-likeness (QED) is 0.656. The van der Waals surface area contributed by atoms with Crippen LogP contribution in [0.5, 0.6) is 0 Å². The Balaban J connectivity index is 2.28. The molecule has 20 heavy (non-hydrogen) atoms. The number of rotatable bonds is 2. The number of hydrogen-bond donors (Lipinski definition) is 1. The number of nitro groups is 1. The van der Waals surface area contributed by atoms with Crippen LogP contribution in [0.1, 0.15) is 36.5 Å². The van der Waals surface area contributed by atoms with Crippen molar-refractivity contribution in [3.05, 3.63) is 27.9 Å². The molecule has 1 aliphatic rings. The van der Waals surface area contributed by atoms with E-state index in [9.17, 15) is 14.9 Å². The van der Waals surface area contributed by atoms with Crippen molar-refractivity contribution in [1.82, 2.24) is 9.88 Å². The van der Waals surface area contributed by atoms with Crippen LogP contribution in [0.3, 0.4) is 0 Å². The maximum atomic E-state index is 12.5. The molecule has 7 nitrogen and oxygen atoms in total. The van der Waals surface area contributed by atoms with Gasteiger partial charge in [-0.05, 0) is 31.2 Å². The minimum Gasteiger partial charge on any atom is -0.384 e. The average molecular weight is 278 g/mol. The Morgan fingerprint density at radius 3 is 2.95 bits per heavy atom. The number of amides is 1. The van der Waals surface area contributed by atoms with Gasteiger partial charge in [0.05, 0.1) is 4.92 Å². The number of carbonyl (C=O) groups excluding carboxylic acids is 1. The van der Waals surface area contributed by atoms with E-state index < -0.39 is 4.92 Å². The maximum absolute atomic E-state index is 12.5. The van der Waals surface area contributed by atoms with E-state index in [1.165, 1.54) is 6.07 Å². The Hall–Kier alpha value is -2.18. The minimum atomic E-state index is -0.597. The summed E-state index contributed by atoms with van der Waals surface area (Å²) in [5.74, 6) is 0.354. The van der Waals surface area contributed by atoms with Gasteiger partial charge in [-0.1, -0.05) is 6.92 Å². The second kappa shape index (κ2) is 5.85. The van der Waals surface area contributed by atoms with E-state index in [2.05, 4.69) is 11.9 Å². The van der Waals surface area contributed by atoms with Gasteiger partial charge in [0.2, 0.25) is 0 Å². The molecule has 7 heteroatoms. The summed E-state index contributed by atoms with van der Waals surface area (Å²) in [5.41, 5.74) is 5.28. The zero-order valence-corrected chi connectivity index (χ0v) is 11.4. The molecule has 108 valence electrons. The number of nitrogens with zero attached hydrogens (tertiary/aromatic N) is 3. The summed E-state index contributed by atoms with van der Waals surface area (Å²) in [6, 6.07) is 1.29. The molecule has 1 unspecified atom stereocenters.